The predicted molar refractivity (Wildman–Crippen MR) is 122 cm³/mol. The Morgan fingerprint density at radius 3 is 2.53 bits per heavy atom. The minimum absolute atomic E-state index is 0.0394. The standard InChI is InChI=1S/C19H24N6O3S2/c26-9-6-20-19-23-16-15(17(24-19)25-7-10-30(27,28)11-8-25)21-13-22-18(16)29-12-14-4-2-1-3-5-14/h1-5,13,26-28H,6-12H2,(H,20,23,24). The van der Waals surface area contributed by atoms with Gasteiger partial charge in [-0.05, 0) is 5.56 Å². The Morgan fingerprint density at radius 1 is 1.03 bits per heavy atom. The number of aliphatic hydroxyl groups excluding tert-OH is 1. The number of aliphatic hydroxyl groups is 1. The van der Waals surface area contributed by atoms with Crippen molar-refractivity contribution >= 4 is 45.2 Å². The third kappa shape index (κ3) is 4.93. The number of thioether (sulfide) groups is 1. The van der Waals surface area contributed by atoms with E-state index in [1.165, 1.54) is 11.9 Å². The second-order valence-corrected chi connectivity index (χ2v) is 10.3. The van der Waals surface area contributed by atoms with E-state index < -0.39 is 10.6 Å². The number of fused-ring (bicyclic) bond motifs is 1. The van der Waals surface area contributed by atoms with Crippen LogP contribution in [0.3, 0.4) is 0 Å². The summed E-state index contributed by atoms with van der Waals surface area (Å²) in [5, 5.41) is 12.9. The second-order valence-electron chi connectivity index (χ2n) is 6.87. The fourth-order valence-electron chi connectivity index (χ4n) is 3.15. The Labute approximate surface area is 180 Å². The molecule has 1 fully saturated rings. The summed E-state index contributed by atoms with van der Waals surface area (Å²) in [4.78, 5) is 20.1. The lowest BCUT2D eigenvalue weighted by Crippen LogP contribution is -2.39. The SMILES string of the molecule is OCCNc1nc(N2CCS(O)(O)CC2)c2ncnc(SCc3ccccc3)c2n1. The highest BCUT2D eigenvalue weighted by Gasteiger charge is 2.26. The molecular formula is C19H24N6O3S2. The molecule has 0 unspecified atom stereocenters. The van der Waals surface area contributed by atoms with Crippen molar-refractivity contribution in [2.24, 2.45) is 0 Å². The highest BCUT2D eigenvalue weighted by atomic mass is 32.3. The van der Waals surface area contributed by atoms with Gasteiger partial charge < -0.3 is 15.3 Å². The van der Waals surface area contributed by atoms with Crippen molar-refractivity contribution in [1.82, 2.24) is 19.9 Å². The maximum atomic E-state index is 9.96. The van der Waals surface area contributed by atoms with Crippen LogP contribution in [0, 0.1) is 0 Å². The topological polar surface area (TPSA) is 128 Å². The molecule has 3 heterocycles. The number of nitrogens with one attached hydrogen (secondary N) is 1. The third-order valence-corrected chi connectivity index (χ3v) is 7.44. The van der Waals surface area contributed by atoms with Crippen molar-refractivity contribution in [1.29, 1.82) is 0 Å². The zero-order valence-electron chi connectivity index (χ0n) is 16.3. The van der Waals surface area contributed by atoms with E-state index in [1.807, 2.05) is 23.1 Å². The molecule has 0 bridgehead atoms. The summed E-state index contributed by atoms with van der Waals surface area (Å²) in [5.74, 6) is 2.38. The number of nitrogens with zero attached hydrogens (tertiary/aromatic N) is 5. The van der Waals surface area contributed by atoms with E-state index in [9.17, 15) is 14.2 Å². The second kappa shape index (κ2) is 9.31. The van der Waals surface area contributed by atoms with Gasteiger partial charge in [0.05, 0.1) is 18.1 Å². The molecule has 160 valence electrons. The molecule has 30 heavy (non-hydrogen) atoms. The summed E-state index contributed by atoms with van der Waals surface area (Å²) in [6.07, 6.45) is 1.51. The molecule has 0 spiro atoms. The van der Waals surface area contributed by atoms with E-state index in [0.717, 1.165) is 10.8 Å². The molecular weight excluding hydrogens is 424 g/mol. The summed E-state index contributed by atoms with van der Waals surface area (Å²) in [5.41, 5.74) is 2.46. The maximum Gasteiger partial charge on any atom is 0.225 e. The number of benzene rings is 1. The van der Waals surface area contributed by atoms with Crippen molar-refractivity contribution in [3.05, 3.63) is 42.2 Å². The fraction of sp³-hybridized carbons (Fsp3) is 0.368. The van der Waals surface area contributed by atoms with E-state index >= 15 is 0 Å². The summed E-state index contributed by atoms with van der Waals surface area (Å²) in [7, 11) is -2.52. The Kier molecular flexibility index (Phi) is 6.54. The Balaban J connectivity index is 1.69. The maximum absolute atomic E-state index is 9.96. The van der Waals surface area contributed by atoms with Crippen LogP contribution in [0.2, 0.25) is 0 Å². The molecule has 0 radical (unpaired) electrons. The van der Waals surface area contributed by atoms with Crippen LogP contribution in [0.15, 0.2) is 41.7 Å². The van der Waals surface area contributed by atoms with Gasteiger partial charge in [-0.1, -0.05) is 42.1 Å². The number of rotatable bonds is 7. The summed E-state index contributed by atoms with van der Waals surface area (Å²) in [6, 6.07) is 10.1. The van der Waals surface area contributed by atoms with Crippen LogP contribution in [0.25, 0.3) is 11.0 Å². The third-order valence-electron chi connectivity index (χ3n) is 4.72. The molecule has 0 saturated carbocycles. The lowest BCUT2D eigenvalue weighted by atomic mass is 10.2. The highest BCUT2D eigenvalue weighted by molar-refractivity contribution is 8.24. The normalized spacial score (nSPS) is 17.1. The largest absolute Gasteiger partial charge is 0.395 e. The van der Waals surface area contributed by atoms with Crippen molar-refractivity contribution in [3.8, 4) is 0 Å². The lowest BCUT2D eigenvalue weighted by molar-refractivity contribution is 0.311. The summed E-state index contributed by atoms with van der Waals surface area (Å²) >= 11 is 1.58. The average Bonchev–Trinajstić information content (AvgIpc) is 2.76. The Morgan fingerprint density at radius 2 is 1.80 bits per heavy atom. The molecule has 0 aliphatic carbocycles. The van der Waals surface area contributed by atoms with Crippen LogP contribution in [0.4, 0.5) is 11.8 Å². The van der Waals surface area contributed by atoms with Gasteiger partial charge in [0.1, 0.15) is 22.4 Å². The zero-order valence-corrected chi connectivity index (χ0v) is 17.9. The van der Waals surface area contributed by atoms with Crippen LogP contribution in [0.1, 0.15) is 5.56 Å². The van der Waals surface area contributed by atoms with Gasteiger partial charge in [-0.15, -0.1) is 0 Å². The minimum atomic E-state index is -2.52. The molecule has 2 aromatic heterocycles. The van der Waals surface area contributed by atoms with Gasteiger partial charge in [0.15, 0.2) is 5.82 Å². The molecule has 4 N–H and O–H groups in total. The first-order chi connectivity index (χ1) is 14.6. The van der Waals surface area contributed by atoms with E-state index in [0.29, 0.717) is 53.9 Å². The van der Waals surface area contributed by atoms with Crippen molar-refractivity contribution in [3.63, 3.8) is 0 Å². The molecule has 1 aromatic carbocycles. The van der Waals surface area contributed by atoms with Gasteiger partial charge >= 0.3 is 0 Å². The molecule has 1 aliphatic heterocycles. The van der Waals surface area contributed by atoms with Crippen LogP contribution in [-0.4, -0.2) is 71.9 Å². The van der Waals surface area contributed by atoms with E-state index in [1.54, 1.807) is 11.8 Å². The van der Waals surface area contributed by atoms with Crippen molar-refractivity contribution < 1.29 is 14.2 Å². The minimum Gasteiger partial charge on any atom is -0.395 e. The first kappa shape index (κ1) is 21.1. The van der Waals surface area contributed by atoms with E-state index in [2.05, 4.69) is 37.4 Å². The molecule has 1 aliphatic rings. The quantitative estimate of drug-likeness (QED) is 0.316. The van der Waals surface area contributed by atoms with Gasteiger partial charge in [0.2, 0.25) is 5.95 Å². The Bertz CT molecular complexity index is 998. The molecule has 3 aromatic rings. The first-order valence-corrected chi connectivity index (χ1v) is 12.5. The smallest absolute Gasteiger partial charge is 0.225 e. The predicted octanol–water partition coefficient (Wildman–Crippen LogP) is 2.69. The van der Waals surface area contributed by atoms with E-state index in [4.69, 9.17) is 0 Å². The Hall–Kier alpha value is -2.18. The molecule has 0 atom stereocenters. The molecule has 0 amide bonds. The monoisotopic (exact) mass is 448 g/mol. The van der Waals surface area contributed by atoms with Crippen LogP contribution in [-0.2, 0) is 5.75 Å². The summed E-state index contributed by atoms with van der Waals surface area (Å²) in [6.45, 7) is 1.24. The van der Waals surface area contributed by atoms with E-state index in [-0.39, 0.29) is 6.61 Å². The van der Waals surface area contributed by atoms with Gasteiger partial charge in [-0.25, -0.2) is 15.0 Å². The lowest BCUT2D eigenvalue weighted by Gasteiger charge is -2.41. The fourth-order valence-corrected chi connectivity index (χ4v) is 5.27. The number of aromatic nitrogens is 4. The van der Waals surface area contributed by atoms with Gasteiger partial charge in [-0.3, -0.25) is 9.11 Å². The van der Waals surface area contributed by atoms with Gasteiger partial charge in [0, 0.05) is 25.4 Å². The molecule has 9 nitrogen and oxygen atoms in total. The average molecular weight is 449 g/mol. The van der Waals surface area contributed by atoms with Gasteiger partial charge in [0.25, 0.3) is 0 Å². The molecule has 4 rings (SSSR count). The number of hydrogen-bond donors (Lipinski definition) is 4. The van der Waals surface area contributed by atoms with Crippen LogP contribution >= 0.6 is 22.4 Å². The number of anilines is 2. The van der Waals surface area contributed by atoms with Crippen molar-refractivity contribution in [2.45, 2.75) is 10.8 Å². The zero-order chi connectivity index (χ0) is 21.0. The molecule has 11 heteroatoms. The van der Waals surface area contributed by atoms with Crippen LogP contribution in [0.5, 0.6) is 0 Å². The summed E-state index contributed by atoms with van der Waals surface area (Å²) < 4.78 is 19.9. The van der Waals surface area contributed by atoms with Gasteiger partial charge in [-0.2, -0.15) is 15.6 Å². The highest BCUT2D eigenvalue weighted by Crippen LogP contribution is 2.42. The number of hydrogen-bond acceptors (Lipinski definition) is 10. The molecule has 1 saturated heterocycles. The van der Waals surface area contributed by atoms with Crippen LogP contribution < -0.4 is 10.2 Å². The van der Waals surface area contributed by atoms with Crippen molar-refractivity contribution in [2.75, 3.05) is 48.0 Å². The first-order valence-electron chi connectivity index (χ1n) is 9.58.